The number of ether oxygens (including phenoxy) is 2. The lowest BCUT2D eigenvalue weighted by Crippen LogP contribution is -2.53. The van der Waals surface area contributed by atoms with Gasteiger partial charge in [0.05, 0.1) is 39.6 Å². The van der Waals surface area contributed by atoms with Gasteiger partial charge in [-0.2, -0.15) is 18.3 Å². The molecule has 1 aromatic heterocycles. The van der Waals surface area contributed by atoms with E-state index in [0.29, 0.717) is 12.0 Å². The van der Waals surface area contributed by atoms with Gasteiger partial charge >= 0.3 is 18.1 Å². The second-order valence-corrected chi connectivity index (χ2v) is 14.3. The lowest BCUT2D eigenvalue weighted by Gasteiger charge is -2.34. The maximum Gasteiger partial charge on any atom is 0.435 e. The molecule has 1 aliphatic heterocycles. The molecule has 0 spiro atoms. The molecule has 2 aromatic carbocycles. The number of aromatic nitrogens is 2. The Balaban J connectivity index is 1.28. The van der Waals surface area contributed by atoms with E-state index in [2.05, 4.69) is 10.4 Å². The van der Waals surface area contributed by atoms with Crippen LogP contribution in [0.1, 0.15) is 58.2 Å². The van der Waals surface area contributed by atoms with Crippen molar-refractivity contribution >= 4 is 27.9 Å². The fourth-order valence-electron chi connectivity index (χ4n) is 4.47. The number of nitrogens with one attached hydrogen (secondary N) is 1. The van der Waals surface area contributed by atoms with E-state index in [0.717, 1.165) is 28.4 Å². The number of esters is 2. The molecule has 3 aromatic rings. The number of alkyl halides is 3. The minimum Gasteiger partial charge on any atom is -0.569 e. The zero-order chi connectivity index (χ0) is 37.7. The Morgan fingerprint density at radius 3 is 2.29 bits per heavy atom. The van der Waals surface area contributed by atoms with Gasteiger partial charge in [0.15, 0.2) is 5.69 Å². The first kappa shape index (κ1) is 38.6. The molecule has 0 saturated carbocycles. The zero-order valence-corrected chi connectivity index (χ0v) is 29.2. The molecule has 2 atom stereocenters. The number of rotatable bonds is 13. The van der Waals surface area contributed by atoms with Gasteiger partial charge in [-0.1, -0.05) is 29.8 Å². The molecule has 0 radical (unpaired) electrons. The van der Waals surface area contributed by atoms with E-state index in [9.17, 15) is 41.2 Å². The average molecular weight is 739 g/mol. The van der Waals surface area contributed by atoms with Crippen molar-refractivity contribution in [3.8, 4) is 16.9 Å². The summed E-state index contributed by atoms with van der Waals surface area (Å²) in [5.74, 6) is -2.38. The molecule has 276 valence electrons. The van der Waals surface area contributed by atoms with Gasteiger partial charge in [0.25, 0.3) is 16.3 Å². The van der Waals surface area contributed by atoms with Crippen LogP contribution in [-0.4, -0.2) is 71.5 Å². The molecule has 0 bridgehead atoms. The van der Waals surface area contributed by atoms with Crippen molar-refractivity contribution in [2.24, 2.45) is 10.7 Å². The van der Waals surface area contributed by atoms with Crippen LogP contribution in [-0.2, 0) is 44.9 Å². The molecule has 1 N–H and O–H groups in total. The highest BCUT2D eigenvalue weighted by Gasteiger charge is 2.37. The summed E-state index contributed by atoms with van der Waals surface area (Å²) in [5.41, 5.74) is -0.299. The molecular weight excluding hydrogens is 701 g/mol. The van der Waals surface area contributed by atoms with Gasteiger partial charge in [0.2, 0.25) is 11.2 Å². The first-order chi connectivity index (χ1) is 23.7. The van der Waals surface area contributed by atoms with Crippen LogP contribution in [0.25, 0.3) is 16.9 Å². The minimum absolute atomic E-state index is 0.128. The standard InChI is InChI=1S/C32H37F3N6O9S/c1-20-6-8-22(9-7-20)26-18-27(32(33,34)35)36-40(26)23-10-12-25(13-11-23)51(46,47)37-28(42)14-15-29(43)48-19-24-16-17-39(24)41(45)38-50-21(2)49-30(44)31(3,4)5/h6-13,18,21,24H,14-17,19H2,1-5H3,(H,37,42)/t21?,24-/m0/s1. The van der Waals surface area contributed by atoms with Gasteiger partial charge in [0, 0.05) is 18.9 Å². The van der Waals surface area contributed by atoms with Crippen LogP contribution < -0.4 is 4.72 Å². The summed E-state index contributed by atoms with van der Waals surface area (Å²) < 4.78 is 79.3. The highest BCUT2D eigenvalue weighted by atomic mass is 32.2. The Morgan fingerprint density at radius 1 is 1.08 bits per heavy atom. The fraction of sp³-hybridized carbons (Fsp3) is 0.438. The lowest BCUT2D eigenvalue weighted by atomic mass is 9.97. The van der Waals surface area contributed by atoms with E-state index < -0.39 is 70.3 Å². The Hall–Kier alpha value is -5.20. The average Bonchev–Trinajstić information content (AvgIpc) is 3.49. The Kier molecular flexibility index (Phi) is 11.6. The van der Waals surface area contributed by atoms with Gasteiger partial charge in [-0.05, 0) is 64.4 Å². The zero-order valence-electron chi connectivity index (χ0n) is 28.3. The van der Waals surface area contributed by atoms with E-state index in [4.69, 9.17) is 14.3 Å². The van der Waals surface area contributed by atoms with Crippen LogP contribution in [0.4, 0.5) is 13.2 Å². The third-order valence-electron chi connectivity index (χ3n) is 7.46. The predicted octanol–water partition coefficient (Wildman–Crippen LogP) is 4.81. The van der Waals surface area contributed by atoms with Crippen molar-refractivity contribution in [2.75, 3.05) is 13.2 Å². The number of carbonyl (C=O) groups excluding carboxylic acids is 3. The number of benzene rings is 2. The van der Waals surface area contributed by atoms with E-state index in [-0.39, 0.29) is 34.4 Å². The highest BCUT2D eigenvalue weighted by molar-refractivity contribution is 7.90. The summed E-state index contributed by atoms with van der Waals surface area (Å²) in [6, 6.07) is 11.8. The molecule has 0 aliphatic carbocycles. The van der Waals surface area contributed by atoms with Crippen molar-refractivity contribution in [1.29, 1.82) is 0 Å². The summed E-state index contributed by atoms with van der Waals surface area (Å²) >= 11 is 0. The lowest BCUT2D eigenvalue weighted by molar-refractivity contribution is -0.734. The summed E-state index contributed by atoms with van der Waals surface area (Å²) in [7, 11) is -4.41. The van der Waals surface area contributed by atoms with Gasteiger partial charge < -0.3 is 14.7 Å². The van der Waals surface area contributed by atoms with Crippen molar-refractivity contribution < 1.29 is 55.3 Å². The number of sulfonamides is 1. The molecule has 4 rings (SSSR count). The van der Waals surface area contributed by atoms with E-state index >= 15 is 0 Å². The van der Waals surface area contributed by atoms with Crippen LogP contribution in [0.15, 0.2) is 64.8 Å². The third kappa shape index (κ3) is 10.2. The number of carbonyl (C=O) groups is 3. The van der Waals surface area contributed by atoms with E-state index in [1.165, 1.54) is 24.1 Å². The molecule has 1 fully saturated rings. The Bertz CT molecular complexity index is 1870. The van der Waals surface area contributed by atoms with Gasteiger partial charge in [0.1, 0.15) is 12.6 Å². The molecule has 2 heterocycles. The number of nitrogens with zero attached hydrogens (tertiary/aromatic N) is 5. The van der Waals surface area contributed by atoms with Gasteiger partial charge in [-0.25, -0.2) is 17.8 Å². The quantitative estimate of drug-likeness (QED) is 0.0834. The molecule has 19 heteroatoms. The van der Waals surface area contributed by atoms with Gasteiger partial charge in [-0.3, -0.25) is 19.2 Å². The third-order valence-corrected chi connectivity index (χ3v) is 8.85. The summed E-state index contributed by atoms with van der Waals surface area (Å²) in [5, 5.41) is 20.5. The molecule has 1 aliphatic rings. The minimum atomic E-state index is -4.73. The summed E-state index contributed by atoms with van der Waals surface area (Å²) in [6.07, 6.45) is -6.39. The number of aryl methyl sites for hydroxylation is 1. The largest absolute Gasteiger partial charge is 0.569 e. The number of hydrazine groups is 1. The number of halogens is 3. The topological polar surface area (TPSA) is 185 Å². The van der Waals surface area contributed by atoms with Gasteiger partial charge in [-0.15, -0.1) is 5.01 Å². The molecule has 51 heavy (non-hydrogen) atoms. The maximum absolute atomic E-state index is 13.5. The second-order valence-electron chi connectivity index (χ2n) is 12.7. The summed E-state index contributed by atoms with van der Waals surface area (Å²) in [6.45, 7) is 8.21. The molecular formula is C32H37F3N6O9S. The van der Waals surface area contributed by atoms with Crippen LogP contribution in [0.3, 0.4) is 0 Å². The normalized spacial score (nSPS) is 15.8. The first-order valence-electron chi connectivity index (χ1n) is 15.6. The fourth-order valence-corrected chi connectivity index (χ4v) is 5.49. The van der Waals surface area contributed by atoms with Crippen LogP contribution in [0, 0.1) is 17.5 Å². The van der Waals surface area contributed by atoms with Crippen LogP contribution in [0.5, 0.6) is 0 Å². The Morgan fingerprint density at radius 2 is 1.73 bits per heavy atom. The van der Waals surface area contributed by atoms with Crippen molar-refractivity contribution in [3.05, 3.63) is 71.1 Å². The predicted molar refractivity (Wildman–Crippen MR) is 172 cm³/mol. The second kappa shape index (κ2) is 15.4. The monoisotopic (exact) mass is 738 g/mol. The highest BCUT2D eigenvalue weighted by Crippen LogP contribution is 2.33. The molecule has 1 saturated heterocycles. The van der Waals surface area contributed by atoms with Crippen LogP contribution in [0.2, 0.25) is 0 Å². The van der Waals surface area contributed by atoms with E-state index in [1.807, 2.05) is 11.6 Å². The molecule has 15 nitrogen and oxygen atoms in total. The smallest absolute Gasteiger partial charge is 0.435 e. The Labute approximate surface area is 291 Å². The summed E-state index contributed by atoms with van der Waals surface area (Å²) in [4.78, 5) is 41.3. The molecule has 1 amide bonds. The van der Waals surface area contributed by atoms with E-state index in [1.54, 1.807) is 45.0 Å². The number of hydrogen-bond acceptors (Lipinski definition) is 11. The van der Waals surface area contributed by atoms with Crippen molar-refractivity contribution in [1.82, 2.24) is 19.5 Å². The molecule has 1 unspecified atom stereocenters. The number of amides is 1. The van der Waals surface area contributed by atoms with Crippen molar-refractivity contribution in [2.45, 2.75) is 77.3 Å². The number of hydrogen-bond donors (Lipinski definition) is 1. The maximum atomic E-state index is 13.5. The van der Waals surface area contributed by atoms with Crippen LogP contribution >= 0.6 is 0 Å². The SMILES string of the molecule is Cc1ccc(-c2cc(C(F)(F)F)nn2-c2ccc(S(=O)(=O)NC(=O)CCC(=O)OC[C@@H]3CCN3[N+]([O-])=NOC(C)OC(=O)C(C)(C)C)cc2)cc1. The van der Waals surface area contributed by atoms with Crippen molar-refractivity contribution in [3.63, 3.8) is 0 Å². The first-order valence-corrected chi connectivity index (χ1v) is 17.1.